The summed E-state index contributed by atoms with van der Waals surface area (Å²) in [6.07, 6.45) is -2.74. The zero-order valence-corrected chi connectivity index (χ0v) is 23.0. The number of fused-ring (bicyclic) bond motifs is 1. The first-order chi connectivity index (χ1) is 19.1. The molecule has 1 aromatic carbocycles. The van der Waals surface area contributed by atoms with E-state index >= 15 is 0 Å². The quantitative estimate of drug-likeness (QED) is 0.156. The number of halogens is 5. The van der Waals surface area contributed by atoms with Gasteiger partial charge in [-0.3, -0.25) is 9.48 Å². The summed E-state index contributed by atoms with van der Waals surface area (Å²) in [5.41, 5.74) is 0.843. The molecule has 40 heavy (non-hydrogen) atoms. The normalized spacial score (nSPS) is 12.6. The number of alkyl halides is 3. The highest BCUT2D eigenvalue weighted by molar-refractivity contribution is 9.10. The largest absolute Gasteiger partial charge is 0.487 e. The Bertz CT molecular complexity index is 1670. The smallest absolute Gasteiger partial charge is 0.408 e. The third-order valence-corrected chi connectivity index (χ3v) is 7.95. The molecule has 0 aliphatic heterocycles. The molecule has 5 rings (SSSR count). The second-order valence-corrected chi connectivity index (χ2v) is 10.4. The van der Waals surface area contributed by atoms with Crippen LogP contribution in [0.4, 0.5) is 17.6 Å². The van der Waals surface area contributed by atoms with Gasteiger partial charge in [0, 0.05) is 18.7 Å². The molecule has 0 radical (unpaired) electrons. The van der Waals surface area contributed by atoms with Crippen LogP contribution in [0.25, 0.3) is 20.9 Å². The topological polar surface area (TPSA) is 92.3 Å². The van der Waals surface area contributed by atoms with E-state index in [0.717, 1.165) is 4.68 Å². The molecule has 5 aromatic rings. The summed E-state index contributed by atoms with van der Waals surface area (Å²) >= 11 is 4.74. The molecule has 0 saturated carbocycles. The zero-order chi connectivity index (χ0) is 28.4. The Balaban J connectivity index is 1.37. The number of Topliss-reactive ketones (excluding diaryl/α,β-unsaturated/α-hetero) is 1. The molecule has 0 bridgehead atoms. The van der Waals surface area contributed by atoms with Crippen molar-refractivity contribution in [2.45, 2.75) is 38.8 Å². The van der Waals surface area contributed by atoms with Gasteiger partial charge < -0.3 is 13.9 Å². The number of ketones is 1. The molecule has 0 fully saturated rings. The number of thiophene rings is 1. The Hall–Kier alpha value is -3.78. The van der Waals surface area contributed by atoms with Crippen LogP contribution in [0.15, 0.2) is 63.9 Å². The second kappa shape index (κ2) is 11.4. The molecular weight excluding hydrogens is 620 g/mol. The summed E-state index contributed by atoms with van der Waals surface area (Å²) in [5, 5.41) is 4.21. The molecule has 0 spiro atoms. The van der Waals surface area contributed by atoms with Crippen LogP contribution in [-0.2, 0) is 24.4 Å². The Morgan fingerprint density at radius 2 is 1.98 bits per heavy atom. The third-order valence-electron chi connectivity index (χ3n) is 5.79. The van der Waals surface area contributed by atoms with Gasteiger partial charge in [-0.2, -0.15) is 22.7 Å². The molecule has 14 heteroatoms. The van der Waals surface area contributed by atoms with Crippen molar-refractivity contribution in [2.75, 3.05) is 0 Å². The lowest BCUT2D eigenvalue weighted by Crippen LogP contribution is -2.28. The minimum atomic E-state index is -4.43. The number of para-hydroxylation sites is 1. The summed E-state index contributed by atoms with van der Waals surface area (Å²) in [6.45, 7) is -0.0200. The van der Waals surface area contributed by atoms with Crippen LogP contribution in [0.3, 0.4) is 0 Å². The minimum Gasteiger partial charge on any atom is -0.487 e. The number of carbonyl (C=O) groups excluding carboxylic acids is 1. The summed E-state index contributed by atoms with van der Waals surface area (Å²) in [7, 11) is 0. The fraction of sp³-hybridized carbons (Fsp3) is 0.231. The second-order valence-electron chi connectivity index (χ2n) is 8.62. The fourth-order valence-corrected chi connectivity index (χ4v) is 5.83. The number of carbonyl (C=O) groups is 1. The van der Waals surface area contributed by atoms with Crippen LogP contribution < -0.4 is 9.47 Å². The van der Waals surface area contributed by atoms with E-state index in [1.165, 1.54) is 49.0 Å². The first kappa shape index (κ1) is 27.8. The standard InChI is InChI=1S/C26H19BrF4N4O4S/c1-14(36)19(39-24-21-22(27)23(18-6-7-20(28)38-18)40-25(21)33-13-32-24)10-15-4-2-3-5-17(15)37-11-16-8-9-34-35(16)12-26(29,30)31/h2-9,13,19H,10-12H2,1H3/t19-/m1/s1. The number of nitrogens with zero attached hydrogens (tertiary/aromatic N) is 4. The SMILES string of the molecule is CC(=O)[C@@H](Cc1ccccc1OCc1ccnn1CC(F)(F)F)Oc1ncnc2sc(-c3ccc(F)o3)c(Br)c12. The van der Waals surface area contributed by atoms with Crippen molar-refractivity contribution < 1.29 is 36.2 Å². The van der Waals surface area contributed by atoms with E-state index in [2.05, 4.69) is 31.0 Å². The fourth-order valence-electron chi connectivity index (χ4n) is 3.92. The minimum absolute atomic E-state index is 0.0941. The van der Waals surface area contributed by atoms with Crippen molar-refractivity contribution in [3.63, 3.8) is 0 Å². The van der Waals surface area contributed by atoms with Gasteiger partial charge in [0.1, 0.15) is 35.8 Å². The molecule has 8 nitrogen and oxygen atoms in total. The molecule has 0 aliphatic rings. The molecule has 0 amide bonds. The lowest BCUT2D eigenvalue weighted by molar-refractivity contribution is -0.143. The Labute approximate surface area is 236 Å². The van der Waals surface area contributed by atoms with Crippen LogP contribution in [-0.4, -0.2) is 37.8 Å². The van der Waals surface area contributed by atoms with Gasteiger partial charge >= 0.3 is 6.18 Å². The summed E-state index contributed by atoms with van der Waals surface area (Å²) < 4.78 is 70.4. The average Bonchev–Trinajstić information content (AvgIpc) is 3.61. The Morgan fingerprint density at radius 3 is 2.70 bits per heavy atom. The van der Waals surface area contributed by atoms with Gasteiger partial charge in [-0.1, -0.05) is 18.2 Å². The number of hydrogen-bond donors (Lipinski definition) is 0. The van der Waals surface area contributed by atoms with Gasteiger partial charge in [-0.25, -0.2) is 9.97 Å². The zero-order valence-electron chi connectivity index (χ0n) is 20.6. The van der Waals surface area contributed by atoms with Crippen LogP contribution in [0.5, 0.6) is 11.6 Å². The van der Waals surface area contributed by atoms with Crippen LogP contribution in [0.1, 0.15) is 18.2 Å². The summed E-state index contributed by atoms with van der Waals surface area (Å²) in [5.74, 6) is 0.526. The third kappa shape index (κ3) is 6.17. The van der Waals surface area contributed by atoms with Crippen LogP contribution >= 0.6 is 27.3 Å². The number of aromatic nitrogens is 4. The predicted octanol–water partition coefficient (Wildman–Crippen LogP) is 6.77. The van der Waals surface area contributed by atoms with Gasteiger partial charge in [0.15, 0.2) is 11.9 Å². The van der Waals surface area contributed by atoms with Gasteiger partial charge in [0.05, 0.1) is 20.4 Å². The van der Waals surface area contributed by atoms with Gasteiger partial charge in [-0.05, 0) is 46.6 Å². The van der Waals surface area contributed by atoms with Crippen molar-refractivity contribution in [3.05, 3.63) is 76.7 Å². The van der Waals surface area contributed by atoms with E-state index in [1.54, 1.807) is 24.3 Å². The van der Waals surface area contributed by atoms with Gasteiger partial charge in [0.25, 0.3) is 6.01 Å². The molecule has 0 aliphatic carbocycles. The van der Waals surface area contributed by atoms with Crippen molar-refractivity contribution in [1.82, 2.24) is 19.7 Å². The average molecular weight is 639 g/mol. The lowest BCUT2D eigenvalue weighted by atomic mass is 10.0. The van der Waals surface area contributed by atoms with E-state index < -0.39 is 24.8 Å². The van der Waals surface area contributed by atoms with E-state index in [1.807, 2.05) is 0 Å². The number of benzene rings is 1. The molecular formula is C26H19BrF4N4O4S. The monoisotopic (exact) mass is 638 g/mol. The number of rotatable bonds is 10. The lowest BCUT2D eigenvalue weighted by Gasteiger charge is -2.19. The highest BCUT2D eigenvalue weighted by Crippen LogP contribution is 2.45. The van der Waals surface area contributed by atoms with E-state index in [4.69, 9.17) is 13.9 Å². The first-order valence-corrected chi connectivity index (χ1v) is 13.3. The summed E-state index contributed by atoms with van der Waals surface area (Å²) in [4.78, 5) is 22.2. The number of ether oxygens (including phenoxy) is 2. The number of hydrogen-bond acceptors (Lipinski definition) is 8. The maximum Gasteiger partial charge on any atom is 0.408 e. The maximum absolute atomic E-state index is 13.5. The highest BCUT2D eigenvalue weighted by Gasteiger charge is 2.29. The molecule has 1 atom stereocenters. The van der Waals surface area contributed by atoms with Crippen LogP contribution in [0.2, 0.25) is 0 Å². The molecule has 0 unspecified atom stereocenters. The van der Waals surface area contributed by atoms with Crippen molar-refractivity contribution in [2.24, 2.45) is 0 Å². The predicted molar refractivity (Wildman–Crippen MR) is 141 cm³/mol. The Kier molecular flexibility index (Phi) is 7.90. The van der Waals surface area contributed by atoms with E-state index in [0.29, 0.717) is 36.6 Å². The molecule has 4 aromatic heterocycles. The van der Waals surface area contributed by atoms with Crippen LogP contribution in [0, 0.1) is 6.01 Å². The van der Waals surface area contributed by atoms with Crippen molar-refractivity contribution >= 4 is 43.3 Å². The van der Waals surface area contributed by atoms with Gasteiger partial charge in [0.2, 0.25) is 5.88 Å². The van der Waals surface area contributed by atoms with Crippen molar-refractivity contribution in [3.8, 4) is 22.3 Å². The molecule has 0 saturated heterocycles. The molecule has 0 N–H and O–H groups in total. The Morgan fingerprint density at radius 1 is 1.18 bits per heavy atom. The van der Waals surface area contributed by atoms with E-state index in [-0.39, 0.29) is 30.4 Å². The van der Waals surface area contributed by atoms with Gasteiger partial charge in [-0.15, -0.1) is 11.3 Å². The summed E-state index contributed by atoms with van der Waals surface area (Å²) in [6, 6.07) is 10.3. The van der Waals surface area contributed by atoms with Crippen molar-refractivity contribution in [1.29, 1.82) is 0 Å². The number of furan rings is 1. The highest BCUT2D eigenvalue weighted by atomic mass is 79.9. The molecule has 4 heterocycles. The maximum atomic E-state index is 13.5. The van der Waals surface area contributed by atoms with E-state index in [9.17, 15) is 22.4 Å². The molecule has 208 valence electrons. The first-order valence-electron chi connectivity index (χ1n) is 11.7.